The summed E-state index contributed by atoms with van der Waals surface area (Å²) in [4.78, 5) is 10.6. The molecule has 4 aromatic rings. The van der Waals surface area contributed by atoms with Crippen molar-refractivity contribution >= 4 is 22.1 Å². The van der Waals surface area contributed by atoms with Gasteiger partial charge in [0.05, 0.1) is 18.3 Å². The van der Waals surface area contributed by atoms with Gasteiger partial charge >= 0.3 is 0 Å². The van der Waals surface area contributed by atoms with Crippen LogP contribution >= 0.6 is 0 Å². The zero-order valence-electron chi connectivity index (χ0n) is 13.3. The van der Waals surface area contributed by atoms with Gasteiger partial charge in [-0.3, -0.25) is 0 Å². The molecule has 25 heavy (non-hydrogen) atoms. The molecule has 0 spiro atoms. The minimum absolute atomic E-state index is 0.394. The first-order valence-electron chi connectivity index (χ1n) is 7.80. The topological polar surface area (TPSA) is 84.2 Å². The molecule has 3 heterocycles. The number of hydrogen-bond acceptors (Lipinski definition) is 7. The van der Waals surface area contributed by atoms with Gasteiger partial charge in [0.2, 0.25) is 0 Å². The molecule has 0 saturated carbocycles. The van der Waals surface area contributed by atoms with Gasteiger partial charge in [-0.1, -0.05) is 0 Å². The lowest BCUT2D eigenvalue weighted by molar-refractivity contribution is 0.158. The number of aromatic nitrogens is 5. The normalized spacial score (nSPS) is 13.3. The molecule has 5 rings (SSSR count). The number of nitrogens with zero attached hydrogens (tertiary/aromatic N) is 5. The molecule has 1 aliphatic rings. The van der Waals surface area contributed by atoms with Crippen LogP contribution in [-0.4, -0.2) is 45.3 Å². The largest absolute Gasteiger partial charge is 0.497 e. The van der Waals surface area contributed by atoms with E-state index >= 15 is 0 Å². The van der Waals surface area contributed by atoms with Crippen LogP contribution in [0.15, 0.2) is 36.4 Å². The Bertz CT molecular complexity index is 1090. The van der Waals surface area contributed by atoms with Crippen molar-refractivity contribution in [2.24, 2.45) is 0 Å². The van der Waals surface area contributed by atoms with Gasteiger partial charge in [-0.2, -0.15) is 4.80 Å². The Morgan fingerprint density at radius 1 is 0.840 bits per heavy atom. The van der Waals surface area contributed by atoms with Crippen molar-refractivity contribution in [1.29, 1.82) is 0 Å². The van der Waals surface area contributed by atoms with Crippen LogP contribution in [0.4, 0.5) is 0 Å². The van der Waals surface area contributed by atoms with E-state index in [1.165, 1.54) is 0 Å². The van der Waals surface area contributed by atoms with Gasteiger partial charge in [-0.25, -0.2) is 9.97 Å². The molecule has 8 nitrogen and oxygen atoms in total. The fourth-order valence-corrected chi connectivity index (χ4v) is 2.76. The Kier molecular flexibility index (Phi) is 2.96. The Morgan fingerprint density at radius 2 is 1.56 bits per heavy atom. The number of rotatable bonds is 2. The molecule has 0 unspecified atom stereocenters. The van der Waals surface area contributed by atoms with Crippen LogP contribution in [0, 0.1) is 0 Å². The second-order valence-corrected chi connectivity index (χ2v) is 5.52. The average molecular weight is 335 g/mol. The van der Waals surface area contributed by atoms with Crippen LogP contribution in [-0.2, 0) is 0 Å². The minimum atomic E-state index is 0.394. The smallest absolute Gasteiger partial charge is 0.278 e. The molecule has 0 N–H and O–H groups in total. The number of fused-ring (bicyclic) bond motifs is 4. The van der Waals surface area contributed by atoms with Crippen LogP contribution in [0.25, 0.3) is 27.8 Å². The van der Waals surface area contributed by atoms with Crippen molar-refractivity contribution in [3.05, 3.63) is 36.4 Å². The predicted molar refractivity (Wildman–Crippen MR) is 89.5 cm³/mol. The maximum atomic E-state index is 5.53. The summed E-state index contributed by atoms with van der Waals surface area (Å²) >= 11 is 0. The lowest BCUT2D eigenvalue weighted by Gasteiger charge is -2.16. The van der Waals surface area contributed by atoms with E-state index < -0.39 is 0 Å². The summed E-state index contributed by atoms with van der Waals surface area (Å²) in [5.41, 5.74) is 3.56. The molecule has 0 fully saturated rings. The van der Waals surface area contributed by atoms with Gasteiger partial charge < -0.3 is 14.2 Å². The molecule has 1 aliphatic heterocycles. The molecule has 0 bridgehead atoms. The van der Waals surface area contributed by atoms with E-state index in [-0.39, 0.29) is 0 Å². The second-order valence-electron chi connectivity index (χ2n) is 5.52. The Balaban J connectivity index is 1.68. The summed E-state index contributed by atoms with van der Waals surface area (Å²) in [6.45, 7) is 0.935. The molecule has 2 aromatic heterocycles. The van der Waals surface area contributed by atoms with Gasteiger partial charge in [0.25, 0.3) is 11.8 Å². The van der Waals surface area contributed by atoms with E-state index in [0.717, 1.165) is 17.0 Å². The maximum Gasteiger partial charge on any atom is 0.278 e. The van der Waals surface area contributed by atoms with Crippen molar-refractivity contribution in [2.75, 3.05) is 20.3 Å². The third-order valence-electron chi connectivity index (χ3n) is 3.99. The molecule has 0 amide bonds. The molecule has 0 aliphatic carbocycles. The molecular weight excluding hydrogens is 322 g/mol. The van der Waals surface area contributed by atoms with Crippen LogP contribution < -0.4 is 14.2 Å². The Hall–Kier alpha value is -3.42. The lowest BCUT2D eigenvalue weighted by Crippen LogP contribution is -2.17. The summed E-state index contributed by atoms with van der Waals surface area (Å²) in [6, 6.07) is 11.2. The van der Waals surface area contributed by atoms with Crippen molar-refractivity contribution in [2.45, 2.75) is 0 Å². The summed E-state index contributed by atoms with van der Waals surface area (Å²) in [7, 11) is 1.63. The summed E-state index contributed by atoms with van der Waals surface area (Å²) in [5, 5.41) is 9.11. The highest BCUT2D eigenvalue weighted by Crippen LogP contribution is 2.30. The van der Waals surface area contributed by atoms with Gasteiger partial charge in [-0.05, 0) is 36.4 Å². The summed E-state index contributed by atoms with van der Waals surface area (Å²) in [6.07, 6.45) is 0. The lowest BCUT2D eigenvalue weighted by atomic mass is 10.2. The highest BCUT2D eigenvalue weighted by atomic mass is 16.6. The zero-order chi connectivity index (χ0) is 16.8. The van der Waals surface area contributed by atoms with E-state index in [9.17, 15) is 0 Å². The van der Waals surface area contributed by atoms with Gasteiger partial charge in [0.1, 0.15) is 35.5 Å². The van der Waals surface area contributed by atoms with Crippen molar-refractivity contribution in [1.82, 2.24) is 25.0 Å². The molecule has 2 aromatic carbocycles. The standard InChI is InChI=1S/C17H13N5O3/c1-23-11-4-2-10(3-5-11)22-20-13-7-6-12-14(15(13)21-22)19-17-16(18-12)24-8-9-25-17/h2-7H,8-9H2,1H3. The highest BCUT2D eigenvalue weighted by Gasteiger charge is 2.19. The fourth-order valence-electron chi connectivity index (χ4n) is 2.76. The minimum Gasteiger partial charge on any atom is -0.497 e. The summed E-state index contributed by atoms with van der Waals surface area (Å²) < 4.78 is 16.2. The molecule has 0 atom stereocenters. The molecule has 0 radical (unpaired) electrons. The number of ether oxygens (including phenoxy) is 3. The van der Waals surface area contributed by atoms with Crippen LogP contribution in [0.1, 0.15) is 0 Å². The van der Waals surface area contributed by atoms with E-state index in [1.807, 2.05) is 36.4 Å². The third kappa shape index (κ3) is 2.22. The highest BCUT2D eigenvalue weighted by molar-refractivity contribution is 5.99. The van der Waals surface area contributed by atoms with Gasteiger partial charge in [-0.15, -0.1) is 10.2 Å². The number of benzene rings is 2. The quantitative estimate of drug-likeness (QED) is 0.555. The number of hydrogen-bond donors (Lipinski definition) is 0. The van der Waals surface area contributed by atoms with E-state index in [0.29, 0.717) is 41.5 Å². The maximum absolute atomic E-state index is 5.53. The van der Waals surface area contributed by atoms with E-state index in [2.05, 4.69) is 20.2 Å². The van der Waals surface area contributed by atoms with Crippen molar-refractivity contribution < 1.29 is 14.2 Å². The monoisotopic (exact) mass is 335 g/mol. The zero-order valence-corrected chi connectivity index (χ0v) is 13.3. The van der Waals surface area contributed by atoms with Crippen LogP contribution in [0.5, 0.6) is 17.5 Å². The number of methoxy groups -OCH3 is 1. The van der Waals surface area contributed by atoms with Crippen molar-refractivity contribution in [3.63, 3.8) is 0 Å². The van der Waals surface area contributed by atoms with E-state index in [1.54, 1.807) is 11.9 Å². The first-order chi connectivity index (χ1) is 12.3. The third-order valence-corrected chi connectivity index (χ3v) is 3.99. The fraction of sp³-hybridized carbons (Fsp3) is 0.176. The van der Waals surface area contributed by atoms with Crippen LogP contribution in [0.3, 0.4) is 0 Å². The van der Waals surface area contributed by atoms with Gasteiger partial charge in [0, 0.05) is 0 Å². The van der Waals surface area contributed by atoms with E-state index in [4.69, 9.17) is 14.2 Å². The van der Waals surface area contributed by atoms with Crippen molar-refractivity contribution in [3.8, 4) is 23.2 Å². The average Bonchev–Trinajstić information content (AvgIpc) is 3.11. The first kappa shape index (κ1) is 14.0. The Morgan fingerprint density at radius 3 is 2.32 bits per heavy atom. The molecule has 8 heteroatoms. The van der Waals surface area contributed by atoms with Crippen LogP contribution in [0.2, 0.25) is 0 Å². The molecule has 0 saturated heterocycles. The van der Waals surface area contributed by atoms with Gasteiger partial charge in [0.15, 0.2) is 0 Å². The Labute approximate surface area is 142 Å². The summed E-state index contributed by atoms with van der Waals surface area (Å²) in [5.74, 6) is 1.59. The second kappa shape index (κ2) is 5.30. The molecular formula is C17H13N5O3. The molecule has 124 valence electrons. The SMILES string of the molecule is COc1ccc(-n2nc3ccc4nc5c(nc4c3n2)OCCO5)cc1. The predicted octanol–water partition coefficient (Wildman–Crippen LogP) is 2.14. The first-order valence-corrected chi connectivity index (χ1v) is 7.80.